The molecular formula is C14H14N6O. The molecule has 21 heavy (non-hydrogen) atoms. The van der Waals surface area contributed by atoms with Gasteiger partial charge in [-0.25, -0.2) is 0 Å². The molecule has 2 aromatic heterocycles. The van der Waals surface area contributed by atoms with Crippen molar-refractivity contribution in [2.24, 2.45) is 7.05 Å². The molecule has 3 rings (SSSR count). The number of amides is 1. The number of benzene rings is 1. The van der Waals surface area contributed by atoms with E-state index < -0.39 is 0 Å². The second-order valence-corrected chi connectivity index (χ2v) is 4.54. The first-order valence-electron chi connectivity index (χ1n) is 6.45. The van der Waals surface area contributed by atoms with Crippen molar-refractivity contribution in [3.63, 3.8) is 0 Å². The van der Waals surface area contributed by atoms with Gasteiger partial charge in [0.2, 0.25) is 0 Å². The van der Waals surface area contributed by atoms with E-state index >= 15 is 0 Å². The fourth-order valence-electron chi connectivity index (χ4n) is 1.98. The van der Waals surface area contributed by atoms with Gasteiger partial charge in [-0.15, -0.1) is 10.2 Å². The largest absolute Gasteiger partial charge is 0.345 e. The zero-order chi connectivity index (χ0) is 14.7. The molecule has 2 heterocycles. The van der Waals surface area contributed by atoms with Gasteiger partial charge in [0.05, 0.1) is 18.3 Å². The summed E-state index contributed by atoms with van der Waals surface area (Å²) in [4.78, 5) is 12.0. The Hall–Kier alpha value is -2.96. The Bertz CT molecular complexity index is 746. The van der Waals surface area contributed by atoms with Crippen LogP contribution < -0.4 is 5.32 Å². The van der Waals surface area contributed by atoms with Crippen LogP contribution in [0.3, 0.4) is 0 Å². The molecule has 0 bridgehead atoms. The predicted molar refractivity (Wildman–Crippen MR) is 75.7 cm³/mol. The van der Waals surface area contributed by atoms with E-state index in [2.05, 4.69) is 20.6 Å². The van der Waals surface area contributed by atoms with Gasteiger partial charge in [-0.05, 0) is 12.1 Å². The van der Waals surface area contributed by atoms with Crippen molar-refractivity contribution in [2.45, 2.75) is 6.54 Å². The monoisotopic (exact) mass is 282 g/mol. The lowest BCUT2D eigenvalue weighted by atomic mass is 10.3. The normalized spacial score (nSPS) is 10.5. The van der Waals surface area contributed by atoms with Gasteiger partial charge in [-0.2, -0.15) is 5.10 Å². The summed E-state index contributed by atoms with van der Waals surface area (Å²) >= 11 is 0. The highest BCUT2D eigenvalue weighted by Crippen LogP contribution is 2.08. The van der Waals surface area contributed by atoms with Crippen LogP contribution in [0.1, 0.15) is 16.2 Å². The molecule has 0 aliphatic carbocycles. The van der Waals surface area contributed by atoms with Crippen LogP contribution >= 0.6 is 0 Å². The molecule has 7 heteroatoms. The first kappa shape index (κ1) is 13.0. The highest BCUT2D eigenvalue weighted by atomic mass is 16.1. The molecule has 106 valence electrons. The summed E-state index contributed by atoms with van der Waals surface area (Å²) < 4.78 is 3.42. The van der Waals surface area contributed by atoms with E-state index in [9.17, 15) is 4.79 Å². The summed E-state index contributed by atoms with van der Waals surface area (Å²) in [5.74, 6) is 0.476. The number of carbonyl (C=O) groups excluding carboxylic acids is 1. The number of para-hydroxylation sites is 1. The molecule has 0 aliphatic heterocycles. The average Bonchev–Trinajstić information content (AvgIpc) is 3.14. The van der Waals surface area contributed by atoms with Crippen molar-refractivity contribution < 1.29 is 4.79 Å². The third-order valence-corrected chi connectivity index (χ3v) is 3.03. The van der Waals surface area contributed by atoms with Crippen molar-refractivity contribution in [1.29, 1.82) is 0 Å². The minimum absolute atomic E-state index is 0.189. The molecule has 0 atom stereocenters. The first-order chi connectivity index (χ1) is 10.2. The fraction of sp³-hybridized carbons (Fsp3) is 0.143. The highest BCUT2D eigenvalue weighted by molar-refractivity contribution is 5.93. The van der Waals surface area contributed by atoms with Crippen molar-refractivity contribution >= 4 is 5.91 Å². The van der Waals surface area contributed by atoms with Crippen LogP contribution in [0.15, 0.2) is 49.1 Å². The van der Waals surface area contributed by atoms with Crippen molar-refractivity contribution in [3.05, 3.63) is 60.4 Å². The quantitative estimate of drug-likeness (QED) is 0.772. The number of hydrogen-bond acceptors (Lipinski definition) is 4. The second kappa shape index (κ2) is 5.58. The standard InChI is InChI=1S/C14H14N6O/c1-19-9-11(7-17-19)14(21)15-8-13-18-16-10-20(13)12-5-3-2-4-6-12/h2-7,9-10H,8H2,1H3,(H,15,21). The average molecular weight is 282 g/mol. The molecular weight excluding hydrogens is 268 g/mol. The molecule has 1 N–H and O–H groups in total. The van der Waals surface area contributed by atoms with E-state index in [1.807, 2.05) is 34.9 Å². The number of aromatic nitrogens is 5. The van der Waals surface area contributed by atoms with Gasteiger partial charge in [0.1, 0.15) is 6.33 Å². The lowest BCUT2D eigenvalue weighted by Crippen LogP contribution is -2.24. The van der Waals surface area contributed by atoms with Crippen LogP contribution in [0, 0.1) is 0 Å². The number of nitrogens with one attached hydrogen (secondary N) is 1. The molecule has 1 aromatic carbocycles. The number of nitrogens with zero attached hydrogens (tertiary/aromatic N) is 5. The third-order valence-electron chi connectivity index (χ3n) is 3.03. The minimum atomic E-state index is -0.189. The smallest absolute Gasteiger partial charge is 0.254 e. The van der Waals surface area contributed by atoms with Gasteiger partial charge < -0.3 is 5.32 Å². The Morgan fingerprint density at radius 1 is 1.29 bits per heavy atom. The van der Waals surface area contributed by atoms with Gasteiger partial charge in [0, 0.05) is 18.9 Å². The minimum Gasteiger partial charge on any atom is -0.345 e. The Labute approximate surface area is 121 Å². The first-order valence-corrected chi connectivity index (χ1v) is 6.45. The maximum atomic E-state index is 12.0. The van der Waals surface area contributed by atoms with Gasteiger partial charge in [-0.3, -0.25) is 14.0 Å². The molecule has 0 saturated carbocycles. The summed E-state index contributed by atoms with van der Waals surface area (Å²) in [7, 11) is 1.77. The summed E-state index contributed by atoms with van der Waals surface area (Å²) in [6, 6.07) is 9.73. The Morgan fingerprint density at radius 2 is 2.10 bits per heavy atom. The lowest BCUT2D eigenvalue weighted by molar-refractivity contribution is 0.0949. The zero-order valence-corrected chi connectivity index (χ0v) is 11.5. The molecule has 0 unspecified atom stereocenters. The van der Waals surface area contributed by atoms with Gasteiger partial charge in [0.25, 0.3) is 5.91 Å². The zero-order valence-electron chi connectivity index (χ0n) is 11.5. The maximum Gasteiger partial charge on any atom is 0.254 e. The van der Waals surface area contributed by atoms with E-state index in [4.69, 9.17) is 0 Å². The molecule has 3 aromatic rings. The maximum absolute atomic E-state index is 12.0. The number of carbonyl (C=O) groups is 1. The fourth-order valence-corrected chi connectivity index (χ4v) is 1.98. The molecule has 7 nitrogen and oxygen atoms in total. The molecule has 0 fully saturated rings. The van der Waals surface area contributed by atoms with Gasteiger partial charge in [-0.1, -0.05) is 18.2 Å². The van der Waals surface area contributed by atoms with Gasteiger partial charge >= 0.3 is 0 Å². The molecule has 0 spiro atoms. The Kier molecular flexibility index (Phi) is 3.46. The Morgan fingerprint density at radius 3 is 2.81 bits per heavy atom. The molecule has 0 radical (unpaired) electrons. The van der Waals surface area contributed by atoms with Gasteiger partial charge in [0.15, 0.2) is 5.82 Å². The number of hydrogen-bond donors (Lipinski definition) is 1. The van der Waals surface area contributed by atoms with E-state index in [-0.39, 0.29) is 5.91 Å². The van der Waals surface area contributed by atoms with Crippen LogP contribution in [-0.4, -0.2) is 30.5 Å². The molecule has 1 amide bonds. The van der Waals surface area contributed by atoms with Crippen LogP contribution in [0.25, 0.3) is 5.69 Å². The van der Waals surface area contributed by atoms with Crippen LogP contribution in [0.2, 0.25) is 0 Å². The van der Waals surface area contributed by atoms with E-state index in [0.29, 0.717) is 17.9 Å². The summed E-state index contributed by atoms with van der Waals surface area (Å²) in [6.07, 6.45) is 4.81. The predicted octanol–water partition coefficient (Wildman–Crippen LogP) is 0.931. The van der Waals surface area contributed by atoms with Crippen molar-refractivity contribution in [2.75, 3.05) is 0 Å². The van der Waals surface area contributed by atoms with Crippen molar-refractivity contribution in [1.82, 2.24) is 29.9 Å². The second-order valence-electron chi connectivity index (χ2n) is 4.54. The SMILES string of the molecule is Cn1cc(C(=O)NCc2nncn2-c2ccccc2)cn1. The number of aryl methyl sites for hydroxylation is 1. The lowest BCUT2D eigenvalue weighted by Gasteiger charge is -2.07. The third kappa shape index (κ3) is 2.81. The van der Waals surface area contributed by atoms with Crippen LogP contribution in [0.4, 0.5) is 0 Å². The van der Waals surface area contributed by atoms with E-state index in [1.165, 1.54) is 6.20 Å². The van der Waals surface area contributed by atoms with E-state index in [1.54, 1.807) is 24.3 Å². The molecule has 0 saturated heterocycles. The highest BCUT2D eigenvalue weighted by Gasteiger charge is 2.10. The van der Waals surface area contributed by atoms with Crippen LogP contribution in [0.5, 0.6) is 0 Å². The summed E-state index contributed by atoms with van der Waals surface area (Å²) in [5.41, 5.74) is 1.47. The van der Waals surface area contributed by atoms with Crippen LogP contribution in [-0.2, 0) is 13.6 Å². The molecule has 0 aliphatic rings. The Balaban J connectivity index is 1.72. The van der Waals surface area contributed by atoms with E-state index in [0.717, 1.165) is 5.69 Å². The topological polar surface area (TPSA) is 77.6 Å². The van der Waals surface area contributed by atoms with Crippen molar-refractivity contribution in [3.8, 4) is 5.69 Å². The number of rotatable bonds is 4. The summed E-state index contributed by atoms with van der Waals surface area (Å²) in [5, 5.41) is 14.7. The summed E-state index contributed by atoms with van der Waals surface area (Å²) in [6.45, 7) is 0.294.